The molecule has 1 radical (unpaired) electrons. The Hall–Kier alpha value is -0.570. The van der Waals surface area contributed by atoms with Crippen molar-refractivity contribution >= 4 is 11.8 Å². The second kappa shape index (κ2) is 2.82. The molecule has 0 amide bonds. The molecule has 0 N–H and O–H groups in total. The van der Waals surface area contributed by atoms with Crippen molar-refractivity contribution in [1.82, 2.24) is 9.97 Å². The molecule has 0 atom stereocenters. The van der Waals surface area contributed by atoms with Crippen molar-refractivity contribution in [2.24, 2.45) is 0 Å². The van der Waals surface area contributed by atoms with E-state index in [0.29, 0.717) is 0 Å². The highest BCUT2D eigenvalue weighted by Crippen LogP contribution is 2.05. The van der Waals surface area contributed by atoms with Crippen LogP contribution in [0.4, 0.5) is 0 Å². The van der Waals surface area contributed by atoms with Crippen molar-refractivity contribution in [2.75, 3.05) is 6.26 Å². The summed E-state index contributed by atoms with van der Waals surface area (Å²) in [5.41, 5.74) is 0.979. The third-order valence-corrected chi connectivity index (χ3v) is 1.44. The summed E-state index contributed by atoms with van der Waals surface area (Å²) in [6.45, 7) is 1.92. The second-order valence-corrected chi connectivity index (χ2v) is 2.42. The Kier molecular flexibility index (Phi) is 2.05. The molecule has 2 nitrogen and oxygen atoms in total. The minimum atomic E-state index is 0.778. The third-order valence-electron chi connectivity index (χ3n) is 0.879. The van der Waals surface area contributed by atoms with E-state index in [9.17, 15) is 0 Å². The number of aryl methyl sites for hydroxylation is 1. The summed E-state index contributed by atoms with van der Waals surface area (Å²) in [4.78, 5) is 7.94. The molecule has 0 saturated carbocycles. The molecule has 0 saturated heterocycles. The maximum atomic E-state index is 4.02. The fraction of sp³-hybridized carbons (Fsp3) is 0.333. The molecule has 1 heterocycles. The molecule has 1 aromatic rings. The van der Waals surface area contributed by atoms with E-state index in [2.05, 4.69) is 16.2 Å². The quantitative estimate of drug-likeness (QED) is 0.433. The predicted octanol–water partition coefficient (Wildman–Crippen LogP) is 1.31. The highest BCUT2D eigenvalue weighted by molar-refractivity contribution is 7.98. The van der Waals surface area contributed by atoms with Crippen LogP contribution in [0.25, 0.3) is 0 Å². The largest absolute Gasteiger partial charge is 0.231 e. The Morgan fingerprint density at radius 3 is 2.89 bits per heavy atom. The van der Waals surface area contributed by atoms with Gasteiger partial charge in [-0.25, -0.2) is 9.97 Å². The molecule has 0 aliphatic rings. The summed E-state index contributed by atoms with van der Waals surface area (Å²) in [5.74, 6) is 0. The minimum Gasteiger partial charge on any atom is -0.231 e. The van der Waals surface area contributed by atoms with Gasteiger partial charge in [0.05, 0.1) is 6.20 Å². The molecule has 47 valence electrons. The predicted molar refractivity (Wildman–Crippen MR) is 37.4 cm³/mol. The highest BCUT2D eigenvalue weighted by atomic mass is 32.2. The number of thioether (sulfide) groups is 1. The van der Waals surface area contributed by atoms with E-state index in [1.54, 1.807) is 6.20 Å². The smallest absolute Gasteiger partial charge is 0.187 e. The van der Waals surface area contributed by atoms with Gasteiger partial charge in [0.2, 0.25) is 0 Å². The Morgan fingerprint density at radius 2 is 2.44 bits per heavy atom. The van der Waals surface area contributed by atoms with Gasteiger partial charge in [-0.1, -0.05) is 11.8 Å². The van der Waals surface area contributed by atoms with Crippen molar-refractivity contribution in [3.05, 3.63) is 18.0 Å². The van der Waals surface area contributed by atoms with Crippen LogP contribution in [0.15, 0.2) is 11.4 Å². The van der Waals surface area contributed by atoms with Crippen LogP contribution in [0, 0.1) is 13.1 Å². The zero-order chi connectivity index (χ0) is 6.69. The summed E-state index contributed by atoms with van der Waals surface area (Å²) in [6, 6.07) is 0. The van der Waals surface area contributed by atoms with E-state index in [1.165, 1.54) is 11.8 Å². The molecule has 9 heavy (non-hydrogen) atoms. The van der Waals surface area contributed by atoms with Crippen molar-refractivity contribution in [3.8, 4) is 0 Å². The van der Waals surface area contributed by atoms with Crippen LogP contribution in [0.5, 0.6) is 0 Å². The maximum Gasteiger partial charge on any atom is 0.187 e. The summed E-state index contributed by atoms with van der Waals surface area (Å²) in [7, 11) is 0. The molecule has 0 aliphatic heterocycles. The lowest BCUT2D eigenvalue weighted by molar-refractivity contribution is 0.946. The topological polar surface area (TPSA) is 25.8 Å². The highest BCUT2D eigenvalue weighted by Gasteiger charge is 1.89. The SMILES string of the molecule is CSc1n[c]c(C)cn1. The van der Waals surface area contributed by atoms with E-state index in [1.807, 2.05) is 13.2 Å². The van der Waals surface area contributed by atoms with Crippen LogP contribution < -0.4 is 0 Å². The lowest BCUT2D eigenvalue weighted by Gasteiger charge is -1.91. The van der Waals surface area contributed by atoms with E-state index in [4.69, 9.17) is 0 Å². The number of hydrogen-bond acceptors (Lipinski definition) is 3. The van der Waals surface area contributed by atoms with Gasteiger partial charge in [-0.05, 0) is 18.7 Å². The minimum absolute atomic E-state index is 0.778. The van der Waals surface area contributed by atoms with Gasteiger partial charge in [0, 0.05) is 6.20 Å². The van der Waals surface area contributed by atoms with Gasteiger partial charge in [0.15, 0.2) is 5.16 Å². The average Bonchev–Trinajstić information content (AvgIpc) is 1.90. The first kappa shape index (κ1) is 6.55. The van der Waals surface area contributed by atoms with Crippen LogP contribution in [-0.4, -0.2) is 16.2 Å². The van der Waals surface area contributed by atoms with E-state index in [0.717, 1.165) is 10.7 Å². The summed E-state index contributed by atoms with van der Waals surface area (Å²) >= 11 is 1.52. The van der Waals surface area contributed by atoms with Gasteiger partial charge in [-0.2, -0.15) is 0 Å². The molecule has 1 aromatic heterocycles. The standard InChI is InChI=1S/C6H7N2S/c1-5-3-7-6(9-2)8-4-5/h3H,1-2H3. The molecular formula is C6H7N2S. The number of nitrogens with zero attached hydrogens (tertiary/aromatic N) is 2. The molecule has 0 aliphatic carbocycles. The van der Waals surface area contributed by atoms with Gasteiger partial charge in [-0.15, -0.1) is 0 Å². The van der Waals surface area contributed by atoms with Crippen LogP contribution in [-0.2, 0) is 0 Å². The Bertz CT molecular complexity index is 183. The molecular weight excluding hydrogens is 132 g/mol. The number of hydrogen-bond donors (Lipinski definition) is 0. The third kappa shape index (κ3) is 1.68. The van der Waals surface area contributed by atoms with Gasteiger partial charge in [0.25, 0.3) is 0 Å². The van der Waals surface area contributed by atoms with E-state index < -0.39 is 0 Å². The molecule has 0 fully saturated rings. The fourth-order valence-electron chi connectivity index (χ4n) is 0.444. The molecule has 3 heteroatoms. The monoisotopic (exact) mass is 139 g/mol. The number of aromatic nitrogens is 2. The summed E-state index contributed by atoms with van der Waals surface area (Å²) < 4.78 is 0. The normalized spacial score (nSPS) is 9.56. The van der Waals surface area contributed by atoms with Crippen molar-refractivity contribution in [2.45, 2.75) is 12.1 Å². The Balaban J connectivity index is 2.88. The van der Waals surface area contributed by atoms with E-state index >= 15 is 0 Å². The molecule has 0 aromatic carbocycles. The van der Waals surface area contributed by atoms with Gasteiger partial charge in [-0.3, -0.25) is 0 Å². The molecule has 0 bridgehead atoms. The van der Waals surface area contributed by atoms with Crippen LogP contribution in [0.3, 0.4) is 0 Å². The molecule has 0 spiro atoms. The van der Waals surface area contributed by atoms with Crippen molar-refractivity contribution in [1.29, 1.82) is 0 Å². The lowest BCUT2D eigenvalue weighted by atomic mass is 10.4. The lowest BCUT2D eigenvalue weighted by Crippen LogP contribution is -1.84. The average molecular weight is 139 g/mol. The second-order valence-electron chi connectivity index (χ2n) is 1.65. The fourth-order valence-corrected chi connectivity index (χ4v) is 0.739. The Morgan fingerprint density at radius 1 is 1.67 bits per heavy atom. The van der Waals surface area contributed by atoms with E-state index in [-0.39, 0.29) is 0 Å². The van der Waals surface area contributed by atoms with Crippen molar-refractivity contribution < 1.29 is 0 Å². The summed E-state index contributed by atoms with van der Waals surface area (Å²) in [5, 5.41) is 0.778. The van der Waals surface area contributed by atoms with Gasteiger partial charge < -0.3 is 0 Å². The summed E-state index contributed by atoms with van der Waals surface area (Å²) in [6.07, 6.45) is 6.52. The maximum absolute atomic E-state index is 4.02. The zero-order valence-electron chi connectivity index (χ0n) is 5.38. The molecule has 0 unspecified atom stereocenters. The van der Waals surface area contributed by atoms with Crippen LogP contribution in [0.2, 0.25) is 0 Å². The van der Waals surface area contributed by atoms with Crippen LogP contribution in [0.1, 0.15) is 5.56 Å². The van der Waals surface area contributed by atoms with Crippen molar-refractivity contribution in [3.63, 3.8) is 0 Å². The Labute approximate surface area is 58.7 Å². The molecule has 1 rings (SSSR count). The van der Waals surface area contributed by atoms with Gasteiger partial charge in [0.1, 0.15) is 0 Å². The zero-order valence-corrected chi connectivity index (χ0v) is 6.20. The van der Waals surface area contributed by atoms with Crippen LogP contribution >= 0.6 is 11.8 Å². The number of rotatable bonds is 1. The first-order valence-corrected chi connectivity index (χ1v) is 3.80. The first-order valence-electron chi connectivity index (χ1n) is 2.58. The van der Waals surface area contributed by atoms with Gasteiger partial charge >= 0.3 is 0 Å². The first-order chi connectivity index (χ1) is 4.33.